The highest BCUT2D eigenvalue weighted by Gasteiger charge is 2.35. The summed E-state index contributed by atoms with van der Waals surface area (Å²) < 4.78 is 15.6. The van der Waals surface area contributed by atoms with Crippen molar-refractivity contribution in [1.82, 2.24) is 0 Å². The number of esters is 2. The molecule has 1 saturated heterocycles. The van der Waals surface area contributed by atoms with Gasteiger partial charge in [0, 0.05) is 0 Å². The molecule has 0 atom stereocenters. The van der Waals surface area contributed by atoms with Crippen molar-refractivity contribution in [3.63, 3.8) is 0 Å². The summed E-state index contributed by atoms with van der Waals surface area (Å²) in [7, 11) is 0. The maximum absolute atomic E-state index is 13.6. The molecule has 0 aromatic heterocycles. The molecule has 0 aliphatic carbocycles. The summed E-state index contributed by atoms with van der Waals surface area (Å²) in [6.07, 6.45) is 1.70. The lowest BCUT2D eigenvalue weighted by Gasteiger charge is -2.16. The topological polar surface area (TPSA) is 115 Å². The zero-order valence-corrected chi connectivity index (χ0v) is 23.1. The van der Waals surface area contributed by atoms with E-state index in [-0.39, 0.29) is 24.9 Å². The van der Waals surface area contributed by atoms with Crippen molar-refractivity contribution in [2.24, 2.45) is 4.99 Å². The number of benzene rings is 3. The van der Waals surface area contributed by atoms with Gasteiger partial charge in [0.1, 0.15) is 0 Å². The largest absolute Gasteiger partial charge is 0.504 e. The van der Waals surface area contributed by atoms with Crippen LogP contribution in [-0.4, -0.2) is 47.9 Å². The van der Waals surface area contributed by atoms with Crippen LogP contribution in [0.4, 0.5) is 11.4 Å². The Labute approximate surface area is 236 Å². The molecule has 1 heterocycles. The molecule has 40 heavy (non-hydrogen) atoms. The number of phenols is 1. The van der Waals surface area contributed by atoms with Gasteiger partial charge in [-0.3, -0.25) is 9.69 Å². The van der Waals surface area contributed by atoms with Crippen LogP contribution in [0.5, 0.6) is 11.5 Å². The number of carbonyl (C=O) groups is 3. The first-order valence-corrected chi connectivity index (χ1v) is 13.5. The van der Waals surface area contributed by atoms with E-state index in [4.69, 9.17) is 14.2 Å². The number of anilines is 1. The average molecular weight is 561 g/mol. The SMILES string of the molecule is CCOC(=O)c1ccc(N=C2S/C(=C/c3ccc(O)c(OCC)c3)C(=O)N2c2ccc(C(=O)OCC)cc2)cc1. The van der Waals surface area contributed by atoms with Crippen LogP contribution in [0, 0.1) is 0 Å². The molecular formula is C30H28N2O7S. The van der Waals surface area contributed by atoms with Gasteiger partial charge in [-0.1, -0.05) is 6.07 Å². The first kappa shape index (κ1) is 28.4. The number of rotatable bonds is 9. The third-order valence-corrected chi connectivity index (χ3v) is 6.60. The Morgan fingerprint density at radius 2 is 1.48 bits per heavy atom. The van der Waals surface area contributed by atoms with Crippen LogP contribution in [0.25, 0.3) is 6.08 Å². The van der Waals surface area contributed by atoms with Gasteiger partial charge < -0.3 is 19.3 Å². The number of aliphatic imine (C=N–C) groups is 1. The molecule has 3 aromatic carbocycles. The minimum Gasteiger partial charge on any atom is -0.504 e. The predicted octanol–water partition coefficient (Wildman–Crippen LogP) is 5.95. The van der Waals surface area contributed by atoms with Crippen LogP contribution in [0.1, 0.15) is 47.1 Å². The zero-order valence-electron chi connectivity index (χ0n) is 22.2. The quantitative estimate of drug-likeness (QED) is 0.252. The molecule has 0 spiro atoms. The summed E-state index contributed by atoms with van der Waals surface area (Å²) >= 11 is 1.17. The summed E-state index contributed by atoms with van der Waals surface area (Å²) in [5, 5.41) is 10.4. The van der Waals surface area contributed by atoms with E-state index < -0.39 is 11.9 Å². The van der Waals surface area contributed by atoms with E-state index in [9.17, 15) is 19.5 Å². The standard InChI is InChI=1S/C30H28N2O7S/c1-4-37-25-17-19(7-16-24(25)33)18-26-27(34)32(23-14-10-21(11-15-23)29(36)39-6-3)30(40-26)31-22-12-8-20(9-13-22)28(35)38-5-2/h7-18,33H,4-6H2,1-3H3/b26-18+,31-30?. The van der Waals surface area contributed by atoms with Gasteiger partial charge in [0.25, 0.3) is 5.91 Å². The van der Waals surface area contributed by atoms with Crippen molar-refractivity contribution in [3.05, 3.63) is 88.3 Å². The number of amidine groups is 1. The van der Waals surface area contributed by atoms with Crippen molar-refractivity contribution in [2.75, 3.05) is 24.7 Å². The van der Waals surface area contributed by atoms with Gasteiger partial charge in [-0.15, -0.1) is 0 Å². The molecule has 1 amide bonds. The predicted molar refractivity (Wildman–Crippen MR) is 154 cm³/mol. The normalized spacial score (nSPS) is 15.0. The van der Waals surface area contributed by atoms with Crippen molar-refractivity contribution in [1.29, 1.82) is 0 Å². The van der Waals surface area contributed by atoms with Gasteiger partial charge in [0.05, 0.1) is 47.2 Å². The fourth-order valence-electron chi connectivity index (χ4n) is 3.78. The van der Waals surface area contributed by atoms with Crippen LogP contribution >= 0.6 is 11.8 Å². The Morgan fingerprint density at radius 3 is 2.05 bits per heavy atom. The summed E-state index contributed by atoms with van der Waals surface area (Å²) in [6.45, 7) is 6.18. The molecule has 1 N–H and O–H groups in total. The van der Waals surface area contributed by atoms with E-state index >= 15 is 0 Å². The first-order valence-electron chi connectivity index (χ1n) is 12.7. The smallest absolute Gasteiger partial charge is 0.338 e. The number of hydrogen-bond acceptors (Lipinski definition) is 9. The van der Waals surface area contributed by atoms with Crippen LogP contribution in [0.15, 0.2) is 76.6 Å². The summed E-state index contributed by atoms with van der Waals surface area (Å²) in [5.41, 5.74) is 2.46. The third-order valence-electron chi connectivity index (χ3n) is 5.63. The lowest BCUT2D eigenvalue weighted by atomic mass is 10.1. The Morgan fingerprint density at radius 1 is 0.875 bits per heavy atom. The van der Waals surface area contributed by atoms with Gasteiger partial charge in [-0.05, 0) is 105 Å². The van der Waals surface area contributed by atoms with E-state index in [0.717, 1.165) is 0 Å². The number of nitrogens with zero attached hydrogens (tertiary/aromatic N) is 2. The molecule has 0 saturated carbocycles. The van der Waals surface area contributed by atoms with Crippen LogP contribution in [-0.2, 0) is 14.3 Å². The Balaban J connectivity index is 1.71. The van der Waals surface area contributed by atoms with Crippen molar-refractivity contribution in [3.8, 4) is 11.5 Å². The number of ether oxygens (including phenoxy) is 3. The minimum atomic E-state index is -0.454. The number of amides is 1. The average Bonchev–Trinajstić information content (AvgIpc) is 3.25. The fraction of sp³-hybridized carbons (Fsp3) is 0.200. The highest BCUT2D eigenvalue weighted by Crippen LogP contribution is 2.38. The molecule has 10 heteroatoms. The highest BCUT2D eigenvalue weighted by atomic mass is 32.2. The minimum absolute atomic E-state index is 0.00577. The van der Waals surface area contributed by atoms with Crippen molar-refractivity contribution < 1.29 is 33.7 Å². The van der Waals surface area contributed by atoms with Gasteiger partial charge in [-0.2, -0.15) is 0 Å². The molecule has 4 rings (SSSR count). The van der Waals surface area contributed by atoms with Gasteiger partial charge >= 0.3 is 11.9 Å². The molecule has 0 bridgehead atoms. The van der Waals surface area contributed by atoms with Crippen LogP contribution in [0.2, 0.25) is 0 Å². The molecular weight excluding hydrogens is 532 g/mol. The van der Waals surface area contributed by atoms with Gasteiger partial charge in [0.2, 0.25) is 0 Å². The van der Waals surface area contributed by atoms with E-state index in [1.54, 1.807) is 80.6 Å². The highest BCUT2D eigenvalue weighted by molar-refractivity contribution is 8.19. The van der Waals surface area contributed by atoms with Gasteiger partial charge in [0.15, 0.2) is 16.7 Å². The second-order valence-corrected chi connectivity index (χ2v) is 9.35. The molecule has 1 fully saturated rings. The maximum atomic E-state index is 13.6. The zero-order chi connectivity index (χ0) is 28.6. The van der Waals surface area contributed by atoms with E-state index in [2.05, 4.69) is 4.99 Å². The fourth-order valence-corrected chi connectivity index (χ4v) is 4.78. The second-order valence-electron chi connectivity index (χ2n) is 8.34. The number of thioether (sulfide) groups is 1. The third kappa shape index (κ3) is 6.52. The lowest BCUT2D eigenvalue weighted by molar-refractivity contribution is -0.113. The Kier molecular flexibility index (Phi) is 9.23. The van der Waals surface area contributed by atoms with Crippen molar-refractivity contribution in [2.45, 2.75) is 20.8 Å². The summed E-state index contributed by atoms with van der Waals surface area (Å²) in [6, 6.07) is 17.9. The molecule has 206 valence electrons. The Hall–Kier alpha value is -4.57. The monoisotopic (exact) mass is 560 g/mol. The Bertz CT molecular complexity index is 1460. The lowest BCUT2D eigenvalue weighted by Crippen LogP contribution is -2.28. The molecule has 0 unspecified atom stereocenters. The van der Waals surface area contributed by atoms with E-state index in [0.29, 0.717) is 50.5 Å². The number of carbonyl (C=O) groups excluding carboxylic acids is 3. The maximum Gasteiger partial charge on any atom is 0.338 e. The number of phenolic OH excluding ortho intramolecular Hbond substituents is 1. The molecule has 1 aliphatic heterocycles. The van der Waals surface area contributed by atoms with Gasteiger partial charge in [-0.25, -0.2) is 14.6 Å². The molecule has 9 nitrogen and oxygen atoms in total. The number of hydrogen-bond donors (Lipinski definition) is 1. The van der Waals surface area contributed by atoms with Crippen molar-refractivity contribution >= 4 is 52.2 Å². The summed E-state index contributed by atoms with van der Waals surface area (Å²) in [4.78, 5) is 44.3. The van der Waals surface area contributed by atoms with Crippen LogP contribution < -0.4 is 9.64 Å². The molecule has 0 radical (unpaired) electrons. The first-order chi connectivity index (χ1) is 19.3. The number of aromatic hydroxyl groups is 1. The second kappa shape index (κ2) is 13.0. The van der Waals surface area contributed by atoms with Crippen LogP contribution in [0.3, 0.4) is 0 Å². The summed E-state index contributed by atoms with van der Waals surface area (Å²) in [5.74, 6) is -0.881. The molecule has 3 aromatic rings. The van der Waals surface area contributed by atoms with E-state index in [1.165, 1.54) is 22.7 Å². The van der Waals surface area contributed by atoms with E-state index in [1.807, 2.05) is 6.92 Å². The molecule has 1 aliphatic rings.